The van der Waals surface area contributed by atoms with Crippen LogP contribution >= 0.6 is 0 Å². The minimum Gasteiger partial charge on any atom is -0.294 e. The molecule has 0 saturated heterocycles. The third kappa shape index (κ3) is 1.83. The van der Waals surface area contributed by atoms with Gasteiger partial charge in [-0.15, -0.1) is 0 Å². The van der Waals surface area contributed by atoms with Crippen molar-refractivity contribution in [3.05, 3.63) is 12.2 Å². The van der Waals surface area contributed by atoms with Gasteiger partial charge in [0.25, 0.3) is 0 Å². The van der Waals surface area contributed by atoms with E-state index in [4.69, 9.17) is 0 Å². The van der Waals surface area contributed by atoms with Crippen molar-refractivity contribution in [3.63, 3.8) is 0 Å². The normalized spacial score (nSPS) is 12.9. The minimum absolute atomic E-state index is 0.0775. The average molecular weight is 157 g/mol. The first-order chi connectivity index (χ1) is 5.24. The van der Waals surface area contributed by atoms with E-state index in [9.17, 15) is 9.18 Å². The molecular formula is C6H8FN3O. The van der Waals surface area contributed by atoms with Gasteiger partial charge < -0.3 is 0 Å². The van der Waals surface area contributed by atoms with E-state index in [1.165, 1.54) is 17.9 Å². The molecule has 60 valence electrons. The Morgan fingerprint density at radius 1 is 1.91 bits per heavy atom. The number of carbonyl (C=O) groups excluding carboxylic acids is 1. The Morgan fingerprint density at radius 3 is 3.18 bits per heavy atom. The van der Waals surface area contributed by atoms with Crippen LogP contribution in [0.15, 0.2) is 6.33 Å². The van der Waals surface area contributed by atoms with E-state index in [0.29, 0.717) is 6.29 Å². The summed E-state index contributed by atoms with van der Waals surface area (Å²) >= 11 is 0. The maximum atomic E-state index is 12.4. The Hall–Kier alpha value is -1.26. The van der Waals surface area contributed by atoms with E-state index in [0.717, 1.165) is 0 Å². The summed E-state index contributed by atoms with van der Waals surface area (Å²) in [4.78, 5) is 13.8. The van der Waals surface area contributed by atoms with Gasteiger partial charge in [-0.25, -0.2) is 14.1 Å². The van der Waals surface area contributed by atoms with Gasteiger partial charge in [0.15, 0.2) is 12.1 Å². The van der Waals surface area contributed by atoms with E-state index >= 15 is 0 Å². The molecule has 0 aliphatic rings. The van der Waals surface area contributed by atoms with Crippen LogP contribution in [0.3, 0.4) is 0 Å². The number of rotatable bonds is 3. The van der Waals surface area contributed by atoms with Crippen LogP contribution in [0, 0.1) is 0 Å². The number of hydrogen-bond donors (Lipinski definition) is 0. The largest absolute Gasteiger partial charge is 0.294 e. The van der Waals surface area contributed by atoms with Crippen molar-refractivity contribution in [2.45, 2.75) is 19.6 Å². The van der Waals surface area contributed by atoms with E-state index in [1.807, 2.05) is 0 Å². The van der Waals surface area contributed by atoms with Crippen molar-refractivity contribution >= 4 is 6.29 Å². The molecule has 0 fully saturated rings. The van der Waals surface area contributed by atoms with Gasteiger partial charge in [0, 0.05) is 0 Å². The second kappa shape index (κ2) is 3.23. The summed E-state index contributed by atoms with van der Waals surface area (Å²) in [5.41, 5.74) is 0. The van der Waals surface area contributed by atoms with Gasteiger partial charge in [0.1, 0.15) is 12.5 Å². The zero-order valence-corrected chi connectivity index (χ0v) is 6.07. The van der Waals surface area contributed by atoms with Crippen molar-refractivity contribution in [1.29, 1.82) is 0 Å². The number of carbonyl (C=O) groups is 1. The lowest BCUT2D eigenvalue weighted by Gasteiger charge is -2.01. The van der Waals surface area contributed by atoms with Crippen molar-refractivity contribution in [2.75, 3.05) is 0 Å². The molecule has 5 heteroatoms. The van der Waals surface area contributed by atoms with Crippen molar-refractivity contribution in [2.24, 2.45) is 0 Å². The molecule has 0 aromatic carbocycles. The Balaban J connectivity index is 2.76. The summed E-state index contributed by atoms with van der Waals surface area (Å²) in [7, 11) is 0. The van der Waals surface area contributed by atoms with Crippen LogP contribution in [0.2, 0.25) is 0 Å². The van der Waals surface area contributed by atoms with Crippen LogP contribution in [0.5, 0.6) is 0 Å². The van der Waals surface area contributed by atoms with E-state index in [-0.39, 0.29) is 12.4 Å². The molecule has 1 aromatic rings. The summed E-state index contributed by atoms with van der Waals surface area (Å²) in [5.74, 6) is 0.162. The molecule has 1 heterocycles. The third-order valence-electron chi connectivity index (χ3n) is 1.18. The number of hydrogen-bond acceptors (Lipinski definition) is 3. The quantitative estimate of drug-likeness (QED) is 0.598. The predicted molar refractivity (Wildman–Crippen MR) is 36.0 cm³/mol. The first-order valence-corrected chi connectivity index (χ1v) is 3.21. The van der Waals surface area contributed by atoms with Gasteiger partial charge in [-0.1, -0.05) is 0 Å². The predicted octanol–water partition coefficient (Wildman–Crippen LogP) is 0.449. The summed E-state index contributed by atoms with van der Waals surface area (Å²) < 4.78 is 13.6. The van der Waals surface area contributed by atoms with Crippen molar-refractivity contribution in [1.82, 2.24) is 14.8 Å². The number of nitrogens with zero attached hydrogens (tertiary/aromatic N) is 3. The van der Waals surface area contributed by atoms with Crippen LogP contribution in [0.1, 0.15) is 17.5 Å². The van der Waals surface area contributed by atoms with Gasteiger partial charge in [-0.3, -0.25) is 4.79 Å². The second-order valence-corrected chi connectivity index (χ2v) is 2.20. The Morgan fingerprint density at radius 2 is 2.64 bits per heavy atom. The topological polar surface area (TPSA) is 47.8 Å². The molecule has 0 aliphatic carbocycles. The number of halogens is 1. The number of aromatic nitrogens is 3. The summed E-state index contributed by atoms with van der Waals surface area (Å²) in [5, 5.41) is 3.66. The van der Waals surface area contributed by atoms with Gasteiger partial charge in [0.2, 0.25) is 0 Å². The molecule has 1 aromatic heterocycles. The Bertz CT molecular complexity index is 246. The molecular weight excluding hydrogens is 149 g/mol. The first-order valence-electron chi connectivity index (χ1n) is 3.21. The van der Waals surface area contributed by atoms with Gasteiger partial charge in [0.05, 0.1) is 6.54 Å². The first kappa shape index (κ1) is 7.84. The van der Waals surface area contributed by atoms with E-state index in [1.54, 1.807) is 0 Å². The molecule has 0 saturated carbocycles. The molecule has 1 unspecified atom stereocenters. The third-order valence-corrected chi connectivity index (χ3v) is 1.18. The highest BCUT2D eigenvalue weighted by molar-refractivity contribution is 5.68. The molecule has 1 atom stereocenters. The standard InChI is InChI=1S/C6H8FN3O/c1-5(7)2-10-6(3-11)8-4-9-10/h3-5H,2H2,1H3. The Labute approximate surface area is 63.0 Å². The monoisotopic (exact) mass is 157 g/mol. The molecule has 0 spiro atoms. The van der Waals surface area contributed by atoms with Crippen LogP contribution in [0.4, 0.5) is 4.39 Å². The summed E-state index contributed by atoms with van der Waals surface area (Å²) in [6.07, 6.45) is 0.761. The van der Waals surface area contributed by atoms with E-state index < -0.39 is 6.17 Å². The molecule has 0 radical (unpaired) electrons. The lowest BCUT2D eigenvalue weighted by Crippen LogP contribution is -2.12. The molecule has 11 heavy (non-hydrogen) atoms. The van der Waals surface area contributed by atoms with Gasteiger partial charge in [-0.2, -0.15) is 5.10 Å². The van der Waals surface area contributed by atoms with E-state index in [2.05, 4.69) is 10.1 Å². The fourth-order valence-electron chi connectivity index (χ4n) is 0.743. The fourth-order valence-corrected chi connectivity index (χ4v) is 0.743. The molecule has 0 bridgehead atoms. The molecule has 4 nitrogen and oxygen atoms in total. The molecule has 0 N–H and O–H groups in total. The van der Waals surface area contributed by atoms with Crippen LogP contribution < -0.4 is 0 Å². The zero-order valence-electron chi connectivity index (χ0n) is 6.07. The maximum absolute atomic E-state index is 12.4. The highest BCUT2D eigenvalue weighted by atomic mass is 19.1. The van der Waals surface area contributed by atoms with Gasteiger partial charge >= 0.3 is 0 Å². The lowest BCUT2D eigenvalue weighted by atomic mass is 10.4. The second-order valence-electron chi connectivity index (χ2n) is 2.20. The van der Waals surface area contributed by atoms with Crippen LogP contribution in [0.25, 0.3) is 0 Å². The Kier molecular flexibility index (Phi) is 2.30. The molecule has 0 amide bonds. The van der Waals surface area contributed by atoms with Crippen LogP contribution in [-0.2, 0) is 6.54 Å². The van der Waals surface area contributed by atoms with Crippen molar-refractivity contribution in [3.8, 4) is 0 Å². The van der Waals surface area contributed by atoms with Crippen LogP contribution in [-0.4, -0.2) is 27.2 Å². The molecule has 1 rings (SSSR count). The van der Waals surface area contributed by atoms with Gasteiger partial charge in [-0.05, 0) is 6.92 Å². The zero-order chi connectivity index (χ0) is 8.27. The average Bonchev–Trinajstić information content (AvgIpc) is 2.34. The summed E-state index contributed by atoms with van der Waals surface area (Å²) in [6.45, 7) is 1.48. The highest BCUT2D eigenvalue weighted by Crippen LogP contribution is 1.95. The summed E-state index contributed by atoms with van der Waals surface area (Å²) in [6, 6.07) is 0. The lowest BCUT2D eigenvalue weighted by molar-refractivity contribution is 0.110. The maximum Gasteiger partial charge on any atom is 0.191 e. The molecule has 0 aliphatic heterocycles. The SMILES string of the molecule is CC(F)Cn1ncnc1C=O. The van der Waals surface area contributed by atoms with Crippen molar-refractivity contribution < 1.29 is 9.18 Å². The number of alkyl halides is 1. The fraction of sp³-hybridized carbons (Fsp3) is 0.500. The number of aldehydes is 1. The highest BCUT2D eigenvalue weighted by Gasteiger charge is 2.05. The smallest absolute Gasteiger partial charge is 0.191 e. The minimum atomic E-state index is -1.02.